The Morgan fingerprint density at radius 1 is 0.838 bits per heavy atom. The van der Waals surface area contributed by atoms with Crippen molar-refractivity contribution in [2.24, 2.45) is 21.1 Å². The number of aromatic nitrogens is 3. The molecule has 0 unspecified atom stereocenters. The fourth-order valence-corrected chi connectivity index (χ4v) is 4.42. The van der Waals surface area contributed by atoms with Crippen LogP contribution in [0.4, 0.5) is 5.82 Å². The fraction of sp³-hybridized carbons (Fsp3) is 0.276. The highest BCUT2D eigenvalue weighted by Crippen LogP contribution is 2.25. The van der Waals surface area contributed by atoms with Gasteiger partial charge >= 0.3 is 5.97 Å². The van der Waals surface area contributed by atoms with E-state index in [4.69, 9.17) is 4.74 Å². The van der Waals surface area contributed by atoms with Gasteiger partial charge in [-0.05, 0) is 46.9 Å². The van der Waals surface area contributed by atoms with Crippen molar-refractivity contribution in [1.29, 1.82) is 0 Å². The first kappa shape index (κ1) is 25.8. The summed E-state index contributed by atoms with van der Waals surface area (Å²) in [6.45, 7) is 4.32. The summed E-state index contributed by atoms with van der Waals surface area (Å²) in [7, 11) is 6.60. The Bertz CT molecular complexity index is 1470. The Morgan fingerprint density at radius 2 is 1.51 bits per heavy atom. The third-order valence-corrected chi connectivity index (χ3v) is 6.62. The van der Waals surface area contributed by atoms with Gasteiger partial charge in [0.15, 0.2) is 5.78 Å². The molecule has 0 atom stereocenters. The van der Waals surface area contributed by atoms with Gasteiger partial charge in [-0.1, -0.05) is 38.1 Å². The number of hydrogen-bond acceptors (Lipinski definition) is 4. The molecular weight excluding hydrogens is 468 g/mol. The zero-order valence-electron chi connectivity index (χ0n) is 22.0. The normalized spacial score (nSPS) is 11.1. The number of benzene rings is 1. The molecule has 0 saturated carbocycles. The second kappa shape index (κ2) is 10.3. The second-order valence-corrected chi connectivity index (χ2v) is 9.55. The van der Waals surface area contributed by atoms with Gasteiger partial charge in [-0.15, -0.1) is 0 Å². The highest BCUT2D eigenvalue weighted by molar-refractivity contribution is 6.04. The van der Waals surface area contributed by atoms with E-state index in [1.807, 2.05) is 23.9 Å². The summed E-state index contributed by atoms with van der Waals surface area (Å²) in [6.07, 6.45) is 3.91. The predicted octanol–water partition coefficient (Wildman–Crippen LogP) is 4.96. The molecule has 1 N–H and O–H groups in total. The minimum atomic E-state index is -0.487. The van der Waals surface area contributed by atoms with E-state index >= 15 is 0 Å². The van der Waals surface area contributed by atoms with Crippen molar-refractivity contribution in [3.63, 3.8) is 0 Å². The van der Waals surface area contributed by atoms with Crippen LogP contribution in [0.25, 0.3) is 11.1 Å². The number of Topliss-reactive ketones (excluding diaryl/α,β-unsaturated/α-hetero) is 1. The lowest BCUT2D eigenvalue weighted by Crippen LogP contribution is -2.18. The van der Waals surface area contributed by atoms with Crippen LogP contribution in [0, 0.1) is 0 Å². The standard InChI is InChI=1S/C29H32N4O4/c1-18(2)20-7-9-21(10-8-20)22-15-24(32(4)17-22)26(34)14-19-13-25(31(3)16-19)28(35)30-27-12-11-23(33(27)5)29(36)37-6/h7-13,15-18H,14H2,1-6H3,(H,30,35). The van der Waals surface area contributed by atoms with Gasteiger partial charge in [-0.2, -0.15) is 0 Å². The maximum atomic E-state index is 13.2. The first-order valence-electron chi connectivity index (χ1n) is 12.1. The second-order valence-electron chi connectivity index (χ2n) is 9.55. The highest BCUT2D eigenvalue weighted by Gasteiger charge is 2.19. The van der Waals surface area contributed by atoms with Gasteiger partial charge in [0.25, 0.3) is 5.91 Å². The van der Waals surface area contributed by atoms with E-state index in [2.05, 4.69) is 43.4 Å². The molecule has 3 heterocycles. The molecule has 37 heavy (non-hydrogen) atoms. The number of methoxy groups -OCH3 is 1. The number of carbonyl (C=O) groups excluding carboxylic acids is 3. The van der Waals surface area contributed by atoms with E-state index < -0.39 is 5.97 Å². The van der Waals surface area contributed by atoms with Crippen molar-refractivity contribution in [1.82, 2.24) is 13.7 Å². The van der Waals surface area contributed by atoms with Gasteiger partial charge in [0.05, 0.1) is 12.8 Å². The average Bonchev–Trinajstić information content (AvgIpc) is 3.55. The Morgan fingerprint density at radius 3 is 2.16 bits per heavy atom. The molecule has 8 heteroatoms. The molecule has 4 rings (SSSR count). The molecular formula is C29H32N4O4. The molecule has 4 aromatic rings. The topological polar surface area (TPSA) is 87.3 Å². The molecule has 0 fully saturated rings. The number of carbonyl (C=O) groups is 3. The molecule has 0 spiro atoms. The molecule has 0 radical (unpaired) electrons. The molecule has 0 saturated heterocycles. The summed E-state index contributed by atoms with van der Waals surface area (Å²) < 4.78 is 9.85. The molecule has 1 aromatic carbocycles. The summed E-state index contributed by atoms with van der Waals surface area (Å²) in [5, 5.41) is 2.81. The van der Waals surface area contributed by atoms with Gasteiger partial charge in [0, 0.05) is 45.5 Å². The predicted molar refractivity (Wildman–Crippen MR) is 143 cm³/mol. The SMILES string of the molecule is COC(=O)c1ccc(NC(=O)c2cc(CC(=O)c3cc(-c4ccc(C(C)C)cc4)cn3C)cn2C)n1C. The van der Waals surface area contributed by atoms with Crippen molar-refractivity contribution in [3.8, 4) is 11.1 Å². The van der Waals surface area contributed by atoms with Crippen LogP contribution >= 0.6 is 0 Å². The Kier molecular flexibility index (Phi) is 7.20. The third-order valence-electron chi connectivity index (χ3n) is 6.62. The van der Waals surface area contributed by atoms with Crippen LogP contribution in [-0.2, 0) is 32.3 Å². The molecule has 3 aromatic heterocycles. The largest absolute Gasteiger partial charge is 0.464 e. The van der Waals surface area contributed by atoms with E-state index in [1.54, 1.807) is 47.6 Å². The molecule has 0 aliphatic heterocycles. The van der Waals surface area contributed by atoms with E-state index in [-0.39, 0.29) is 18.1 Å². The van der Waals surface area contributed by atoms with Gasteiger partial charge in [0.2, 0.25) is 0 Å². The van der Waals surface area contributed by atoms with Crippen LogP contribution in [0.1, 0.15) is 62.4 Å². The number of anilines is 1. The smallest absolute Gasteiger partial charge is 0.354 e. The van der Waals surface area contributed by atoms with Crippen molar-refractivity contribution in [2.45, 2.75) is 26.2 Å². The lowest BCUT2D eigenvalue weighted by molar-refractivity contribution is 0.0589. The fourth-order valence-electron chi connectivity index (χ4n) is 4.42. The monoisotopic (exact) mass is 500 g/mol. The lowest BCUT2D eigenvalue weighted by atomic mass is 9.99. The Labute approximate surface area is 216 Å². The lowest BCUT2D eigenvalue weighted by Gasteiger charge is -2.08. The third kappa shape index (κ3) is 5.28. The number of nitrogens with zero attached hydrogens (tertiary/aromatic N) is 3. The van der Waals surface area contributed by atoms with Crippen molar-refractivity contribution < 1.29 is 19.1 Å². The summed E-state index contributed by atoms with van der Waals surface area (Å²) in [6, 6.07) is 15.3. The quantitative estimate of drug-likeness (QED) is 0.274. The van der Waals surface area contributed by atoms with Crippen LogP contribution in [0.15, 0.2) is 60.9 Å². The summed E-state index contributed by atoms with van der Waals surface area (Å²) in [5.41, 5.74) is 5.41. The minimum absolute atomic E-state index is 0.0322. The van der Waals surface area contributed by atoms with Crippen LogP contribution in [-0.4, -0.2) is 38.5 Å². The molecule has 0 bridgehead atoms. The van der Waals surface area contributed by atoms with E-state index in [1.165, 1.54) is 12.7 Å². The number of ketones is 1. The zero-order chi connectivity index (χ0) is 26.9. The van der Waals surface area contributed by atoms with Gasteiger partial charge in [-0.3, -0.25) is 9.59 Å². The van der Waals surface area contributed by atoms with Crippen LogP contribution in [0.3, 0.4) is 0 Å². The summed E-state index contributed by atoms with van der Waals surface area (Å²) in [5.74, 6) is 0.0609. The Balaban J connectivity index is 1.48. The van der Waals surface area contributed by atoms with Crippen molar-refractivity contribution in [2.75, 3.05) is 12.4 Å². The maximum Gasteiger partial charge on any atom is 0.354 e. The van der Waals surface area contributed by atoms with Crippen LogP contribution in [0.5, 0.6) is 0 Å². The average molecular weight is 501 g/mol. The molecule has 1 amide bonds. The molecule has 8 nitrogen and oxygen atoms in total. The highest BCUT2D eigenvalue weighted by atomic mass is 16.5. The number of amides is 1. The van der Waals surface area contributed by atoms with Crippen molar-refractivity contribution in [3.05, 3.63) is 89.1 Å². The van der Waals surface area contributed by atoms with Gasteiger partial charge < -0.3 is 23.8 Å². The Hall–Kier alpha value is -4.33. The number of rotatable bonds is 8. The van der Waals surface area contributed by atoms with E-state index in [9.17, 15) is 14.4 Å². The van der Waals surface area contributed by atoms with Gasteiger partial charge in [0.1, 0.15) is 17.2 Å². The summed E-state index contributed by atoms with van der Waals surface area (Å²) in [4.78, 5) is 37.9. The van der Waals surface area contributed by atoms with Crippen LogP contribution in [0.2, 0.25) is 0 Å². The number of nitrogens with one attached hydrogen (secondary N) is 1. The minimum Gasteiger partial charge on any atom is -0.464 e. The number of esters is 1. The molecule has 0 aliphatic rings. The maximum absolute atomic E-state index is 13.2. The van der Waals surface area contributed by atoms with Crippen molar-refractivity contribution >= 4 is 23.5 Å². The first-order valence-corrected chi connectivity index (χ1v) is 12.1. The molecule has 192 valence electrons. The number of aryl methyl sites for hydroxylation is 2. The van der Waals surface area contributed by atoms with Crippen LogP contribution < -0.4 is 5.32 Å². The van der Waals surface area contributed by atoms with E-state index in [0.717, 1.165) is 16.7 Å². The van der Waals surface area contributed by atoms with Gasteiger partial charge in [-0.25, -0.2) is 4.79 Å². The van der Waals surface area contributed by atoms with E-state index in [0.29, 0.717) is 28.8 Å². The number of ether oxygens (including phenoxy) is 1. The zero-order valence-corrected chi connectivity index (χ0v) is 22.0. The first-order chi connectivity index (χ1) is 17.6. The molecule has 0 aliphatic carbocycles. The number of hydrogen-bond donors (Lipinski definition) is 1. The summed E-state index contributed by atoms with van der Waals surface area (Å²) >= 11 is 0.